The molecule has 0 spiro atoms. The third-order valence-corrected chi connectivity index (χ3v) is 4.41. The lowest BCUT2D eigenvalue weighted by molar-refractivity contribution is 0.316. The van der Waals surface area contributed by atoms with Crippen LogP contribution in [0.5, 0.6) is 5.75 Å². The number of ether oxygens (including phenoxy) is 1. The van der Waals surface area contributed by atoms with Crippen LogP contribution in [0.4, 0.5) is 0 Å². The van der Waals surface area contributed by atoms with Gasteiger partial charge in [0.2, 0.25) is 5.89 Å². The molecule has 0 aliphatic carbocycles. The Bertz CT molecular complexity index is 827. The molecular weight excluding hydrogens is 324 g/mol. The fourth-order valence-electron chi connectivity index (χ4n) is 2.79. The van der Waals surface area contributed by atoms with Crippen LogP contribution in [0.3, 0.4) is 0 Å². The first-order chi connectivity index (χ1) is 12.7. The Morgan fingerprint density at radius 2 is 1.88 bits per heavy atom. The van der Waals surface area contributed by atoms with Crippen LogP contribution in [-0.2, 0) is 13.0 Å². The van der Waals surface area contributed by atoms with Crippen molar-refractivity contribution in [3.8, 4) is 17.2 Å². The first kappa shape index (κ1) is 18.2. The molecule has 136 valence electrons. The lowest BCUT2D eigenvalue weighted by Crippen LogP contribution is -2.16. The molecule has 0 atom stereocenters. The van der Waals surface area contributed by atoms with Crippen molar-refractivity contribution in [3.05, 3.63) is 71.6 Å². The maximum Gasteiger partial charge on any atom is 0.226 e. The third-order valence-electron chi connectivity index (χ3n) is 4.41. The zero-order valence-corrected chi connectivity index (χ0v) is 15.7. The maximum absolute atomic E-state index is 5.94. The molecule has 0 radical (unpaired) electrons. The Morgan fingerprint density at radius 1 is 1.08 bits per heavy atom. The molecule has 4 nitrogen and oxygen atoms in total. The molecule has 0 N–H and O–H groups in total. The minimum Gasteiger partial charge on any atom is -0.493 e. The number of rotatable bonds is 8. The number of aromatic nitrogens is 1. The van der Waals surface area contributed by atoms with Gasteiger partial charge in [0.25, 0.3) is 0 Å². The Balaban J connectivity index is 1.59. The van der Waals surface area contributed by atoms with E-state index in [-0.39, 0.29) is 0 Å². The average molecular weight is 350 g/mol. The molecule has 2 aromatic carbocycles. The van der Waals surface area contributed by atoms with Crippen molar-refractivity contribution in [2.24, 2.45) is 0 Å². The second-order valence-electron chi connectivity index (χ2n) is 6.46. The van der Waals surface area contributed by atoms with Gasteiger partial charge in [0.15, 0.2) is 0 Å². The predicted octanol–water partition coefficient (Wildman–Crippen LogP) is 4.72. The van der Waals surface area contributed by atoms with E-state index in [0.717, 1.165) is 42.3 Å². The van der Waals surface area contributed by atoms with Gasteiger partial charge in [-0.15, -0.1) is 0 Å². The highest BCUT2D eigenvalue weighted by Crippen LogP contribution is 2.22. The minimum absolute atomic E-state index is 0.578. The number of oxazole rings is 1. The fourth-order valence-corrected chi connectivity index (χ4v) is 2.79. The normalized spacial score (nSPS) is 11.1. The lowest BCUT2D eigenvalue weighted by Gasteiger charge is -2.14. The molecule has 0 amide bonds. The van der Waals surface area contributed by atoms with E-state index < -0.39 is 0 Å². The first-order valence-corrected chi connectivity index (χ1v) is 9.07. The summed E-state index contributed by atoms with van der Waals surface area (Å²) in [5.74, 6) is 2.42. The molecule has 3 rings (SSSR count). The topological polar surface area (TPSA) is 38.5 Å². The number of benzene rings is 2. The van der Waals surface area contributed by atoms with Gasteiger partial charge in [0.1, 0.15) is 11.5 Å². The van der Waals surface area contributed by atoms with Gasteiger partial charge in [-0.1, -0.05) is 37.3 Å². The van der Waals surface area contributed by atoms with Crippen LogP contribution in [0, 0.1) is 6.92 Å². The van der Waals surface area contributed by atoms with E-state index in [0.29, 0.717) is 12.5 Å². The molecule has 0 bridgehead atoms. The molecule has 0 aliphatic heterocycles. The molecule has 0 unspecified atom stereocenters. The van der Waals surface area contributed by atoms with Crippen molar-refractivity contribution in [2.75, 3.05) is 20.2 Å². The van der Waals surface area contributed by atoms with E-state index in [2.05, 4.69) is 36.0 Å². The first-order valence-electron chi connectivity index (χ1n) is 9.07. The second-order valence-corrected chi connectivity index (χ2v) is 6.46. The molecular formula is C22H26N2O2. The van der Waals surface area contributed by atoms with Crippen LogP contribution in [0.1, 0.15) is 23.9 Å². The summed E-state index contributed by atoms with van der Waals surface area (Å²) in [4.78, 5) is 6.89. The van der Waals surface area contributed by atoms with Crippen LogP contribution in [0.2, 0.25) is 0 Å². The SMILES string of the molecule is CCN(C)Cc1cccc(OCCc2nc(-c3ccccc3)oc2C)c1. The number of nitrogens with zero attached hydrogens (tertiary/aromatic N) is 2. The Kier molecular flexibility index (Phi) is 6.08. The van der Waals surface area contributed by atoms with E-state index >= 15 is 0 Å². The van der Waals surface area contributed by atoms with Crippen LogP contribution in [0.25, 0.3) is 11.5 Å². The third kappa shape index (κ3) is 4.73. The van der Waals surface area contributed by atoms with Gasteiger partial charge in [-0.05, 0) is 50.3 Å². The highest BCUT2D eigenvalue weighted by molar-refractivity contribution is 5.53. The summed E-state index contributed by atoms with van der Waals surface area (Å²) in [6.07, 6.45) is 0.723. The summed E-state index contributed by atoms with van der Waals surface area (Å²) in [7, 11) is 2.12. The van der Waals surface area contributed by atoms with Gasteiger partial charge in [-0.3, -0.25) is 0 Å². The highest BCUT2D eigenvalue weighted by Gasteiger charge is 2.11. The summed E-state index contributed by atoms with van der Waals surface area (Å²) in [5.41, 5.74) is 3.21. The standard InChI is InChI=1S/C22H26N2O2/c1-4-24(3)16-18-9-8-12-20(15-18)25-14-13-21-17(2)26-22(23-21)19-10-6-5-7-11-19/h5-12,15H,4,13-14,16H2,1-3H3. The van der Waals surface area contributed by atoms with Crippen molar-refractivity contribution in [2.45, 2.75) is 26.8 Å². The molecule has 1 heterocycles. The van der Waals surface area contributed by atoms with Gasteiger partial charge >= 0.3 is 0 Å². The van der Waals surface area contributed by atoms with Crippen molar-refractivity contribution in [3.63, 3.8) is 0 Å². The van der Waals surface area contributed by atoms with Gasteiger partial charge in [-0.25, -0.2) is 4.98 Å². The van der Waals surface area contributed by atoms with E-state index in [1.807, 2.05) is 49.4 Å². The number of hydrogen-bond donors (Lipinski definition) is 0. The van der Waals surface area contributed by atoms with Gasteiger partial charge in [0, 0.05) is 18.5 Å². The Hall–Kier alpha value is -2.59. The van der Waals surface area contributed by atoms with Crippen LogP contribution < -0.4 is 4.74 Å². The largest absolute Gasteiger partial charge is 0.493 e. The Labute approximate surface area is 155 Å². The van der Waals surface area contributed by atoms with Crippen molar-refractivity contribution < 1.29 is 9.15 Å². The summed E-state index contributed by atoms with van der Waals surface area (Å²) >= 11 is 0. The van der Waals surface area contributed by atoms with Crippen LogP contribution >= 0.6 is 0 Å². The molecule has 0 aliphatic rings. The molecule has 26 heavy (non-hydrogen) atoms. The monoisotopic (exact) mass is 350 g/mol. The lowest BCUT2D eigenvalue weighted by atomic mass is 10.2. The van der Waals surface area contributed by atoms with E-state index in [1.54, 1.807) is 0 Å². The molecule has 0 saturated heterocycles. The van der Waals surface area contributed by atoms with Crippen LogP contribution in [0.15, 0.2) is 59.0 Å². The van der Waals surface area contributed by atoms with Gasteiger partial charge in [-0.2, -0.15) is 0 Å². The van der Waals surface area contributed by atoms with Crippen LogP contribution in [-0.4, -0.2) is 30.1 Å². The summed E-state index contributed by atoms with van der Waals surface area (Å²) in [6, 6.07) is 18.3. The van der Waals surface area contributed by atoms with E-state index in [9.17, 15) is 0 Å². The minimum atomic E-state index is 0.578. The number of aryl methyl sites for hydroxylation is 1. The summed E-state index contributed by atoms with van der Waals surface area (Å²) in [5, 5.41) is 0. The highest BCUT2D eigenvalue weighted by atomic mass is 16.5. The van der Waals surface area contributed by atoms with Crippen molar-refractivity contribution >= 4 is 0 Å². The summed E-state index contributed by atoms with van der Waals surface area (Å²) in [6.45, 7) is 6.64. The zero-order valence-electron chi connectivity index (χ0n) is 15.7. The number of hydrogen-bond acceptors (Lipinski definition) is 4. The molecule has 0 saturated carbocycles. The predicted molar refractivity (Wildman–Crippen MR) is 104 cm³/mol. The van der Waals surface area contributed by atoms with Gasteiger partial charge < -0.3 is 14.1 Å². The average Bonchev–Trinajstić information content (AvgIpc) is 3.03. The Morgan fingerprint density at radius 3 is 2.65 bits per heavy atom. The van der Waals surface area contributed by atoms with E-state index in [4.69, 9.17) is 9.15 Å². The quantitative estimate of drug-likeness (QED) is 0.589. The molecule has 3 aromatic rings. The summed E-state index contributed by atoms with van der Waals surface area (Å²) < 4.78 is 11.7. The van der Waals surface area contributed by atoms with Crippen molar-refractivity contribution in [1.29, 1.82) is 0 Å². The van der Waals surface area contributed by atoms with Crippen molar-refractivity contribution in [1.82, 2.24) is 9.88 Å². The smallest absolute Gasteiger partial charge is 0.226 e. The zero-order chi connectivity index (χ0) is 18.4. The molecule has 0 fully saturated rings. The molecule has 1 aromatic heterocycles. The maximum atomic E-state index is 5.94. The van der Waals surface area contributed by atoms with E-state index in [1.165, 1.54) is 5.56 Å². The van der Waals surface area contributed by atoms with Gasteiger partial charge in [0.05, 0.1) is 12.3 Å². The fraction of sp³-hybridized carbons (Fsp3) is 0.318. The second kappa shape index (κ2) is 8.68. The molecule has 4 heteroatoms.